The molecule has 1 N–H and O–H groups in total. The van der Waals surface area contributed by atoms with Gasteiger partial charge in [0, 0.05) is 40.7 Å². The number of hydrogen-bond acceptors (Lipinski definition) is 4. The summed E-state index contributed by atoms with van der Waals surface area (Å²) in [6.45, 7) is 0.720. The van der Waals surface area contributed by atoms with Crippen molar-refractivity contribution in [1.29, 1.82) is 5.26 Å². The number of carbonyl (C=O) groups excluding carboxylic acids is 2. The van der Waals surface area contributed by atoms with Crippen LogP contribution >= 0.6 is 11.6 Å². The molecule has 1 aromatic heterocycles. The number of nitrogens with one attached hydrogen (secondary N) is 1. The second-order valence-electron chi connectivity index (χ2n) is 5.96. The number of halogens is 1. The molecule has 1 aliphatic rings. The summed E-state index contributed by atoms with van der Waals surface area (Å²) in [7, 11) is 0. The molecule has 0 amide bonds. The van der Waals surface area contributed by atoms with Gasteiger partial charge in [0.05, 0.1) is 12.2 Å². The van der Waals surface area contributed by atoms with E-state index in [2.05, 4.69) is 4.98 Å². The van der Waals surface area contributed by atoms with Crippen LogP contribution in [0, 0.1) is 17.2 Å². The first kappa shape index (κ1) is 16.7. The number of benzene rings is 1. The number of nitriles is 1. The lowest BCUT2D eigenvalue weighted by Crippen LogP contribution is -2.23. The molecule has 0 spiro atoms. The van der Waals surface area contributed by atoms with E-state index in [0.29, 0.717) is 27.9 Å². The van der Waals surface area contributed by atoms with E-state index in [1.807, 2.05) is 6.07 Å². The van der Waals surface area contributed by atoms with Crippen LogP contribution in [-0.2, 0) is 9.53 Å². The molecule has 0 saturated carbocycles. The number of fused-ring (bicyclic) bond motifs is 1. The zero-order valence-corrected chi connectivity index (χ0v) is 13.8. The van der Waals surface area contributed by atoms with Crippen LogP contribution in [0.3, 0.4) is 0 Å². The van der Waals surface area contributed by atoms with Gasteiger partial charge in [-0.1, -0.05) is 17.7 Å². The molecule has 1 aromatic carbocycles. The van der Waals surface area contributed by atoms with Crippen LogP contribution in [0.15, 0.2) is 24.4 Å². The van der Waals surface area contributed by atoms with Crippen molar-refractivity contribution < 1.29 is 14.3 Å². The quantitative estimate of drug-likeness (QED) is 0.640. The van der Waals surface area contributed by atoms with Gasteiger partial charge in [-0.2, -0.15) is 5.26 Å². The molecule has 1 aliphatic heterocycles. The number of H-pyrrole nitrogens is 1. The van der Waals surface area contributed by atoms with Gasteiger partial charge >= 0.3 is 0 Å². The molecule has 1 saturated heterocycles. The Balaban J connectivity index is 1.75. The Morgan fingerprint density at radius 3 is 3.00 bits per heavy atom. The highest BCUT2D eigenvalue weighted by atomic mass is 35.5. The minimum absolute atomic E-state index is 0.0682. The zero-order chi connectivity index (χ0) is 17.1. The second kappa shape index (κ2) is 7.16. The predicted octanol–water partition coefficient (Wildman–Crippen LogP) is 3.67. The summed E-state index contributed by atoms with van der Waals surface area (Å²) in [6, 6.07) is 6.95. The van der Waals surface area contributed by atoms with Gasteiger partial charge in [0.1, 0.15) is 0 Å². The van der Waals surface area contributed by atoms with Crippen molar-refractivity contribution in [1.82, 2.24) is 4.98 Å². The molecule has 3 rings (SSSR count). The summed E-state index contributed by atoms with van der Waals surface area (Å²) in [5.41, 5.74) is 1.05. The fourth-order valence-electron chi connectivity index (χ4n) is 3.05. The van der Waals surface area contributed by atoms with Gasteiger partial charge in [-0.25, -0.2) is 0 Å². The number of aromatic amines is 1. The van der Waals surface area contributed by atoms with E-state index < -0.39 is 11.7 Å². The van der Waals surface area contributed by atoms with Crippen molar-refractivity contribution in [3.63, 3.8) is 0 Å². The van der Waals surface area contributed by atoms with Crippen LogP contribution < -0.4 is 0 Å². The van der Waals surface area contributed by atoms with Crippen molar-refractivity contribution in [3.8, 4) is 6.07 Å². The Bertz CT molecular complexity index is 815. The van der Waals surface area contributed by atoms with Crippen molar-refractivity contribution in [2.75, 3.05) is 6.61 Å². The maximum atomic E-state index is 12.6. The molecule has 6 heteroatoms. The fraction of sp³-hybridized carbons (Fsp3) is 0.389. The molecular weight excluding hydrogens is 328 g/mol. The van der Waals surface area contributed by atoms with Crippen LogP contribution in [0.2, 0.25) is 5.02 Å². The molecule has 0 radical (unpaired) electrons. The molecule has 2 atom stereocenters. The van der Waals surface area contributed by atoms with E-state index >= 15 is 0 Å². The van der Waals surface area contributed by atoms with E-state index in [-0.39, 0.29) is 18.3 Å². The highest BCUT2D eigenvalue weighted by molar-refractivity contribution is 6.31. The number of carbonyl (C=O) groups is 2. The number of ether oxygens (including phenoxy) is 1. The molecule has 124 valence electrons. The lowest BCUT2D eigenvalue weighted by atomic mass is 9.91. The first-order valence-electron chi connectivity index (χ1n) is 7.95. The van der Waals surface area contributed by atoms with Gasteiger partial charge in [0.25, 0.3) is 0 Å². The van der Waals surface area contributed by atoms with Crippen LogP contribution in [0.5, 0.6) is 0 Å². The molecule has 0 aliphatic carbocycles. The smallest absolute Gasteiger partial charge is 0.189 e. The van der Waals surface area contributed by atoms with Crippen LogP contribution in [-0.4, -0.2) is 29.3 Å². The summed E-state index contributed by atoms with van der Waals surface area (Å²) in [4.78, 5) is 27.9. The Morgan fingerprint density at radius 2 is 2.29 bits per heavy atom. The van der Waals surface area contributed by atoms with Gasteiger partial charge in [-0.3, -0.25) is 9.59 Å². The van der Waals surface area contributed by atoms with Gasteiger partial charge in [0.15, 0.2) is 17.5 Å². The Kier molecular flexibility index (Phi) is 4.98. The van der Waals surface area contributed by atoms with Crippen LogP contribution in [0.1, 0.15) is 36.0 Å². The molecule has 5 nitrogen and oxygen atoms in total. The van der Waals surface area contributed by atoms with Crippen molar-refractivity contribution in [2.45, 2.75) is 31.8 Å². The Labute approximate surface area is 144 Å². The summed E-state index contributed by atoms with van der Waals surface area (Å²) in [5.74, 6) is -2.09. The largest absolute Gasteiger partial charge is 0.378 e. The second-order valence-corrected chi connectivity index (χ2v) is 6.40. The third-order valence-corrected chi connectivity index (χ3v) is 4.59. The Hall–Kier alpha value is -2.16. The van der Waals surface area contributed by atoms with Gasteiger partial charge < -0.3 is 9.72 Å². The third kappa shape index (κ3) is 3.35. The summed E-state index contributed by atoms with van der Waals surface area (Å²) < 4.78 is 5.48. The molecular formula is C18H17ClN2O3. The summed E-state index contributed by atoms with van der Waals surface area (Å²) >= 11 is 5.93. The number of aromatic nitrogens is 1. The first-order chi connectivity index (χ1) is 11.6. The average molecular weight is 345 g/mol. The maximum absolute atomic E-state index is 12.6. The zero-order valence-electron chi connectivity index (χ0n) is 13.0. The maximum Gasteiger partial charge on any atom is 0.189 e. The van der Waals surface area contributed by atoms with Crippen LogP contribution in [0.4, 0.5) is 0 Å². The number of nitrogens with zero attached hydrogens (tertiary/aromatic N) is 1. The Morgan fingerprint density at radius 1 is 1.46 bits per heavy atom. The minimum Gasteiger partial charge on any atom is -0.378 e. The fourth-order valence-corrected chi connectivity index (χ4v) is 3.23. The highest BCUT2D eigenvalue weighted by Crippen LogP contribution is 2.25. The number of hydrogen-bond donors (Lipinski definition) is 1. The van der Waals surface area contributed by atoms with Crippen molar-refractivity contribution in [2.24, 2.45) is 5.92 Å². The van der Waals surface area contributed by atoms with Crippen molar-refractivity contribution in [3.05, 3.63) is 35.0 Å². The standard InChI is InChI=1S/C18H17ClN2O3/c19-11-3-5-13-15(10-21-16(13)8-11)18(23)14(9-20)17(22)6-4-12-2-1-7-24-12/h3,5,8,10,12,14,21H,1-2,4,6-7H2/t12-,14-/m0/s1. The summed E-state index contributed by atoms with van der Waals surface area (Å²) in [5, 5.41) is 10.5. The van der Waals surface area contributed by atoms with E-state index in [1.54, 1.807) is 18.2 Å². The number of rotatable bonds is 6. The monoisotopic (exact) mass is 344 g/mol. The van der Waals surface area contributed by atoms with E-state index in [0.717, 1.165) is 19.4 Å². The topological polar surface area (TPSA) is 82.9 Å². The SMILES string of the molecule is N#C[C@@H](C(=O)CC[C@@H]1CCCO1)C(=O)c1c[nH]c2cc(Cl)ccc12. The number of Topliss-reactive ketones (excluding diaryl/α,β-unsaturated/α-hetero) is 2. The van der Waals surface area contributed by atoms with E-state index in [4.69, 9.17) is 16.3 Å². The minimum atomic E-state index is -1.28. The van der Waals surface area contributed by atoms with Crippen LogP contribution in [0.25, 0.3) is 10.9 Å². The first-order valence-corrected chi connectivity index (χ1v) is 8.32. The third-order valence-electron chi connectivity index (χ3n) is 4.36. The van der Waals surface area contributed by atoms with Gasteiger partial charge in [-0.15, -0.1) is 0 Å². The van der Waals surface area contributed by atoms with Gasteiger partial charge in [0.2, 0.25) is 0 Å². The number of ketones is 2. The molecule has 24 heavy (non-hydrogen) atoms. The highest BCUT2D eigenvalue weighted by Gasteiger charge is 2.29. The molecule has 2 heterocycles. The van der Waals surface area contributed by atoms with Gasteiger partial charge in [-0.05, 0) is 31.4 Å². The van der Waals surface area contributed by atoms with Crippen molar-refractivity contribution >= 4 is 34.1 Å². The molecule has 2 aromatic rings. The lowest BCUT2D eigenvalue weighted by Gasteiger charge is -2.10. The van der Waals surface area contributed by atoms with E-state index in [9.17, 15) is 14.9 Å². The lowest BCUT2D eigenvalue weighted by molar-refractivity contribution is -0.120. The normalized spacial score (nSPS) is 18.4. The molecule has 0 unspecified atom stereocenters. The average Bonchev–Trinajstić information content (AvgIpc) is 3.22. The molecule has 0 bridgehead atoms. The summed E-state index contributed by atoms with van der Waals surface area (Å²) in [6.07, 6.45) is 4.27. The van der Waals surface area contributed by atoms with E-state index in [1.165, 1.54) is 6.20 Å². The predicted molar refractivity (Wildman–Crippen MR) is 90.0 cm³/mol. The molecule has 1 fully saturated rings.